The van der Waals surface area contributed by atoms with Gasteiger partial charge in [-0.2, -0.15) is 18.2 Å². The average molecular weight is 255 g/mol. The smallest absolute Gasteiger partial charge is 0.408 e. The van der Waals surface area contributed by atoms with Crippen molar-refractivity contribution in [2.24, 2.45) is 5.73 Å². The predicted molar refractivity (Wildman–Crippen MR) is 56.0 cm³/mol. The van der Waals surface area contributed by atoms with E-state index in [0.29, 0.717) is 5.13 Å². The Labute approximate surface area is 94.8 Å². The Kier molecular flexibility index (Phi) is 3.64. The minimum absolute atomic E-state index is 0.0708. The van der Waals surface area contributed by atoms with Gasteiger partial charge in [0.25, 0.3) is 0 Å². The molecule has 0 fully saturated rings. The van der Waals surface area contributed by atoms with E-state index in [1.54, 1.807) is 19.0 Å². The molecule has 0 bridgehead atoms. The summed E-state index contributed by atoms with van der Waals surface area (Å²) in [7, 11) is 4.63. The third kappa shape index (κ3) is 2.56. The number of halogens is 3. The van der Waals surface area contributed by atoms with Crippen molar-refractivity contribution in [3.63, 3.8) is 0 Å². The van der Waals surface area contributed by atoms with Crippen LogP contribution in [0.4, 0.5) is 18.3 Å². The molecule has 16 heavy (non-hydrogen) atoms. The topological polar surface area (TPSA) is 51.4 Å². The van der Waals surface area contributed by atoms with Gasteiger partial charge in [0.2, 0.25) is 5.88 Å². The van der Waals surface area contributed by atoms with E-state index in [-0.39, 0.29) is 10.8 Å². The Bertz CT molecular complexity index is 364. The highest BCUT2D eigenvalue weighted by molar-refractivity contribution is 7.16. The molecule has 2 N–H and O–H groups in total. The highest BCUT2D eigenvalue weighted by Gasteiger charge is 2.41. The molecule has 92 valence electrons. The lowest BCUT2D eigenvalue weighted by Gasteiger charge is -2.14. The lowest BCUT2D eigenvalue weighted by atomic mass is 10.2. The number of methoxy groups -OCH3 is 1. The summed E-state index contributed by atoms with van der Waals surface area (Å²) in [5.74, 6) is -0.0708. The molecule has 1 heterocycles. The third-order valence-electron chi connectivity index (χ3n) is 1.82. The minimum atomic E-state index is -4.50. The molecule has 0 amide bonds. The summed E-state index contributed by atoms with van der Waals surface area (Å²) in [6.07, 6.45) is -4.50. The largest absolute Gasteiger partial charge is 0.480 e. The van der Waals surface area contributed by atoms with E-state index in [4.69, 9.17) is 10.5 Å². The number of nitrogens with zero attached hydrogens (tertiary/aromatic N) is 2. The van der Waals surface area contributed by atoms with Gasteiger partial charge in [0.05, 0.1) is 12.0 Å². The fourth-order valence-corrected chi connectivity index (χ4v) is 1.97. The van der Waals surface area contributed by atoms with E-state index < -0.39 is 12.2 Å². The van der Waals surface area contributed by atoms with Crippen molar-refractivity contribution in [3.8, 4) is 5.88 Å². The molecule has 4 nitrogen and oxygen atoms in total. The number of hydrogen-bond donors (Lipinski definition) is 1. The molecule has 0 saturated carbocycles. The summed E-state index contributed by atoms with van der Waals surface area (Å²) in [6, 6.07) is -2.06. The van der Waals surface area contributed by atoms with Crippen LogP contribution in [0, 0.1) is 0 Å². The number of hydrogen-bond acceptors (Lipinski definition) is 5. The van der Waals surface area contributed by atoms with Crippen LogP contribution in [0.1, 0.15) is 10.9 Å². The maximum absolute atomic E-state index is 12.4. The van der Waals surface area contributed by atoms with Crippen molar-refractivity contribution in [1.29, 1.82) is 0 Å². The van der Waals surface area contributed by atoms with Gasteiger partial charge in [0.1, 0.15) is 6.04 Å². The van der Waals surface area contributed by atoms with E-state index in [1.807, 2.05) is 0 Å². The monoisotopic (exact) mass is 255 g/mol. The van der Waals surface area contributed by atoms with Crippen LogP contribution in [0.15, 0.2) is 0 Å². The van der Waals surface area contributed by atoms with Crippen LogP contribution in [0.5, 0.6) is 5.88 Å². The average Bonchev–Trinajstić information content (AvgIpc) is 2.58. The summed E-state index contributed by atoms with van der Waals surface area (Å²) >= 11 is 0.872. The summed E-state index contributed by atoms with van der Waals surface area (Å²) < 4.78 is 42.1. The van der Waals surface area contributed by atoms with Crippen molar-refractivity contribution in [2.75, 3.05) is 26.1 Å². The van der Waals surface area contributed by atoms with E-state index >= 15 is 0 Å². The molecule has 0 aliphatic carbocycles. The minimum Gasteiger partial charge on any atom is -0.480 e. The second-order valence-electron chi connectivity index (χ2n) is 3.28. The lowest BCUT2D eigenvalue weighted by molar-refractivity contribution is -0.148. The van der Waals surface area contributed by atoms with Crippen LogP contribution < -0.4 is 15.4 Å². The van der Waals surface area contributed by atoms with E-state index in [1.165, 1.54) is 7.11 Å². The van der Waals surface area contributed by atoms with Crippen LogP contribution in [0.25, 0.3) is 0 Å². The van der Waals surface area contributed by atoms with Gasteiger partial charge < -0.3 is 15.4 Å². The Morgan fingerprint density at radius 3 is 2.38 bits per heavy atom. The van der Waals surface area contributed by atoms with Crippen molar-refractivity contribution >= 4 is 16.5 Å². The zero-order valence-electron chi connectivity index (χ0n) is 9.00. The van der Waals surface area contributed by atoms with Crippen molar-refractivity contribution < 1.29 is 17.9 Å². The zero-order valence-corrected chi connectivity index (χ0v) is 9.82. The number of rotatable bonds is 3. The summed E-state index contributed by atoms with van der Waals surface area (Å²) in [6.45, 7) is 0. The fraction of sp³-hybridized carbons (Fsp3) is 0.625. The Hall–Kier alpha value is -1.02. The number of nitrogens with two attached hydrogens (primary N) is 1. The molecule has 0 aliphatic rings. The molecule has 1 rings (SSSR count). The predicted octanol–water partition coefficient (Wildman–Crippen LogP) is 1.78. The molecule has 1 unspecified atom stereocenters. The van der Waals surface area contributed by atoms with Gasteiger partial charge in [-0.15, -0.1) is 0 Å². The van der Waals surface area contributed by atoms with Crippen LogP contribution in [0.2, 0.25) is 0 Å². The molecule has 0 aliphatic heterocycles. The van der Waals surface area contributed by atoms with Gasteiger partial charge in [-0.25, -0.2) is 0 Å². The molecule has 0 aromatic carbocycles. The first-order valence-electron chi connectivity index (χ1n) is 4.31. The van der Waals surface area contributed by atoms with E-state index in [2.05, 4.69) is 4.98 Å². The summed E-state index contributed by atoms with van der Waals surface area (Å²) in [5, 5.41) is 0.423. The standard InChI is InChI=1S/C8H12F3N3OS/c1-14(2)7-13-6(15-3)4(16-7)5(12)8(9,10)11/h5H,12H2,1-3H3. The number of anilines is 1. The SMILES string of the molecule is COc1nc(N(C)C)sc1C(N)C(F)(F)F. The molecular weight excluding hydrogens is 243 g/mol. The number of aromatic nitrogens is 1. The number of ether oxygens (including phenoxy) is 1. The molecule has 1 atom stereocenters. The van der Waals surface area contributed by atoms with Crippen molar-refractivity contribution in [1.82, 2.24) is 4.98 Å². The quantitative estimate of drug-likeness (QED) is 0.894. The van der Waals surface area contributed by atoms with Crippen LogP contribution in [-0.2, 0) is 0 Å². The first-order valence-corrected chi connectivity index (χ1v) is 5.13. The molecule has 0 saturated heterocycles. The van der Waals surface area contributed by atoms with Crippen LogP contribution in [-0.4, -0.2) is 32.4 Å². The second kappa shape index (κ2) is 4.46. The van der Waals surface area contributed by atoms with Crippen LogP contribution >= 0.6 is 11.3 Å². The van der Waals surface area contributed by atoms with Gasteiger partial charge in [-0.05, 0) is 0 Å². The highest BCUT2D eigenvalue weighted by atomic mass is 32.1. The van der Waals surface area contributed by atoms with Crippen molar-refractivity contribution in [2.45, 2.75) is 12.2 Å². The van der Waals surface area contributed by atoms with Gasteiger partial charge in [0.15, 0.2) is 5.13 Å². The normalized spacial score (nSPS) is 13.7. The zero-order chi connectivity index (χ0) is 12.5. The van der Waals surface area contributed by atoms with Gasteiger partial charge in [-0.3, -0.25) is 0 Å². The molecule has 0 spiro atoms. The van der Waals surface area contributed by atoms with Gasteiger partial charge in [0, 0.05) is 14.1 Å². The van der Waals surface area contributed by atoms with Gasteiger partial charge >= 0.3 is 6.18 Å². The molecule has 1 aromatic rings. The second-order valence-corrected chi connectivity index (χ2v) is 4.29. The van der Waals surface area contributed by atoms with Crippen LogP contribution in [0.3, 0.4) is 0 Å². The maximum atomic E-state index is 12.4. The Morgan fingerprint density at radius 1 is 1.44 bits per heavy atom. The summed E-state index contributed by atoms with van der Waals surface area (Å²) in [5.41, 5.74) is 5.11. The fourth-order valence-electron chi connectivity index (χ4n) is 0.989. The van der Waals surface area contributed by atoms with Gasteiger partial charge in [-0.1, -0.05) is 11.3 Å². The molecular formula is C8H12F3N3OS. The van der Waals surface area contributed by atoms with E-state index in [9.17, 15) is 13.2 Å². The van der Waals surface area contributed by atoms with Crippen molar-refractivity contribution in [3.05, 3.63) is 4.88 Å². The maximum Gasteiger partial charge on any atom is 0.408 e. The highest BCUT2D eigenvalue weighted by Crippen LogP contribution is 2.40. The lowest BCUT2D eigenvalue weighted by Crippen LogP contribution is -2.28. The first kappa shape index (κ1) is 13.0. The molecule has 8 heteroatoms. The Balaban J connectivity index is 3.12. The molecule has 1 aromatic heterocycles. The third-order valence-corrected chi connectivity index (χ3v) is 3.11. The number of alkyl halides is 3. The summed E-state index contributed by atoms with van der Waals surface area (Å²) in [4.78, 5) is 5.39. The van der Waals surface area contributed by atoms with E-state index in [0.717, 1.165) is 11.3 Å². The Morgan fingerprint density at radius 2 is 2.00 bits per heavy atom. The first-order chi connectivity index (χ1) is 7.27. The molecule has 0 radical (unpaired) electrons. The number of thiazole rings is 1.